The number of aromatic nitrogens is 2. The number of carboxylic acids is 1. The lowest BCUT2D eigenvalue weighted by Crippen LogP contribution is -2.42. The van der Waals surface area contributed by atoms with Crippen LogP contribution in [0.25, 0.3) is 11.0 Å². The van der Waals surface area contributed by atoms with E-state index in [0.29, 0.717) is 19.3 Å². The van der Waals surface area contributed by atoms with Gasteiger partial charge in [0.05, 0.1) is 35.9 Å². The molecule has 2 aliphatic rings. The zero-order valence-electron chi connectivity index (χ0n) is 20.8. The molecule has 4 atom stereocenters. The van der Waals surface area contributed by atoms with E-state index in [-0.39, 0.29) is 18.0 Å². The first-order valence-electron chi connectivity index (χ1n) is 12.7. The van der Waals surface area contributed by atoms with Crippen LogP contribution in [0, 0.1) is 5.92 Å². The highest BCUT2D eigenvalue weighted by Crippen LogP contribution is 2.41. The summed E-state index contributed by atoms with van der Waals surface area (Å²) in [5.41, 5.74) is 4.37. The Hall–Kier alpha value is -3.39. The third-order valence-electron chi connectivity index (χ3n) is 7.82. The van der Waals surface area contributed by atoms with Gasteiger partial charge in [0.2, 0.25) is 0 Å². The van der Waals surface area contributed by atoms with Crippen molar-refractivity contribution in [2.24, 2.45) is 5.92 Å². The minimum absolute atomic E-state index is 0.0125. The van der Waals surface area contributed by atoms with Crippen molar-refractivity contribution in [1.82, 2.24) is 9.55 Å². The van der Waals surface area contributed by atoms with Crippen molar-refractivity contribution in [1.29, 1.82) is 0 Å². The second-order valence-electron chi connectivity index (χ2n) is 10.0. The topological polar surface area (TPSA) is 105 Å². The van der Waals surface area contributed by atoms with Crippen LogP contribution in [0.1, 0.15) is 68.1 Å². The summed E-state index contributed by atoms with van der Waals surface area (Å²) in [5.74, 6) is -0.398. The van der Waals surface area contributed by atoms with E-state index in [4.69, 9.17) is 9.72 Å². The van der Waals surface area contributed by atoms with Gasteiger partial charge in [0, 0.05) is 24.1 Å². The summed E-state index contributed by atoms with van der Waals surface area (Å²) in [6.45, 7) is 2.01. The Balaban J connectivity index is 1.63. The Morgan fingerprint density at radius 2 is 1.92 bits per heavy atom. The molecule has 2 aromatic carbocycles. The van der Waals surface area contributed by atoms with Gasteiger partial charge in [0.1, 0.15) is 5.82 Å². The van der Waals surface area contributed by atoms with Gasteiger partial charge in [-0.2, -0.15) is 0 Å². The average Bonchev–Trinajstić information content (AvgIpc) is 3.26. The van der Waals surface area contributed by atoms with Crippen LogP contribution in [0.4, 0.5) is 10.5 Å². The van der Waals surface area contributed by atoms with Gasteiger partial charge in [-0.1, -0.05) is 36.8 Å². The summed E-state index contributed by atoms with van der Waals surface area (Å²) in [6.07, 6.45) is 3.69. The van der Waals surface area contributed by atoms with E-state index in [0.717, 1.165) is 59.4 Å². The molecule has 3 aromatic rings. The van der Waals surface area contributed by atoms with Crippen molar-refractivity contribution in [3.63, 3.8) is 0 Å². The van der Waals surface area contributed by atoms with Gasteiger partial charge in [0.15, 0.2) is 0 Å². The molecule has 2 unspecified atom stereocenters. The molecule has 8 heteroatoms. The molecule has 8 nitrogen and oxygen atoms in total. The summed E-state index contributed by atoms with van der Waals surface area (Å²) in [5, 5.41) is 20.8. The fraction of sp³-hybridized carbons (Fsp3) is 0.464. The second kappa shape index (κ2) is 9.93. The molecule has 0 radical (unpaired) electrons. The SMILES string of the molecule is COC(=O)N1c2ccc3c(nc(CC(O)c4ccccc4)n3[C@@H]3CCC[C@@H](C(=O)O)C3)c2CCC1C. The molecule has 0 spiro atoms. The van der Waals surface area contributed by atoms with Crippen molar-refractivity contribution in [3.05, 3.63) is 59.4 Å². The molecular formula is C28H33N3O5. The van der Waals surface area contributed by atoms with E-state index in [9.17, 15) is 19.8 Å². The van der Waals surface area contributed by atoms with E-state index >= 15 is 0 Å². The number of carbonyl (C=O) groups excluding carboxylic acids is 1. The molecule has 1 amide bonds. The molecule has 5 rings (SSSR count). The Morgan fingerprint density at radius 1 is 1.14 bits per heavy atom. The number of benzene rings is 2. The minimum atomic E-state index is -0.755. The third-order valence-corrected chi connectivity index (χ3v) is 7.82. The van der Waals surface area contributed by atoms with Crippen molar-refractivity contribution < 1.29 is 24.5 Å². The number of hydrogen-bond donors (Lipinski definition) is 2. The minimum Gasteiger partial charge on any atom is -0.481 e. The zero-order valence-corrected chi connectivity index (χ0v) is 20.8. The molecule has 0 saturated heterocycles. The second-order valence-corrected chi connectivity index (χ2v) is 10.0. The largest absolute Gasteiger partial charge is 0.481 e. The van der Waals surface area contributed by atoms with E-state index in [1.165, 1.54) is 7.11 Å². The summed E-state index contributed by atoms with van der Waals surface area (Å²) in [6, 6.07) is 13.5. The molecule has 190 valence electrons. The highest BCUT2D eigenvalue weighted by Gasteiger charge is 2.34. The molecule has 0 bridgehead atoms. The lowest BCUT2D eigenvalue weighted by atomic mass is 9.85. The Labute approximate surface area is 210 Å². The molecule has 36 heavy (non-hydrogen) atoms. The monoisotopic (exact) mass is 491 g/mol. The predicted molar refractivity (Wildman–Crippen MR) is 136 cm³/mol. The number of aliphatic hydroxyl groups excluding tert-OH is 1. The van der Waals surface area contributed by atoms with Crippen LogP contribution in [0.15, 0.2) is 42.5 Å². The molecular weight excluding hydrogens is 458 g/mol. The van der Waals surface area contributed by atoms with Crippen LogP contribution >= 0.6 is 0 Å². The number of carbonyl (C=O) groups is 2. The van der Waals surface area contributed by atoms with Crippen LogP contribution in [0.3, 0.4) is 0 Å². The number of carboxylic acid groups (broad SMARTS) is 1. The van der Waals surface area contributed by atoms with Crippen molar-refractivity contribution >= 4 is 28.8 Å². The molecule has 2 N–H and O–H groups in total. The maximum absolute atomic E-state index is 12.6. The molecule has 1 aromatic heterocycles. The average molecular weight is 492 g/mol. The normalized spacial score (nSPS) is 22.8. The quantitative estimate of drug-likeness (QED) is 0.518. The van der Waals surface area contributed by atoms with Gasteiger partial charge in [-0.15, -0.1) is 0 Å². The fourth-order valence-electron chi connectivity index (χ4n) is 5.96. The van der Waals surface area contributed by atoms with Gasteiger partial charge >= 0.3 is 12.1 Å². The smallest absolute Gasteiger partial charge is 0.414 e. The number of rotatable bonds is 5. The summed E-state index contributed by atoms with van der Waals surface area (Å²) in [4.78, 5) is 31.2. The number of imidazole rings is 1. The van der Waals surface area contributed by atoms with Crippen molar-refractivity contribution in [3.8, 4) is 0 Å². The molecule has 1 fully saturated rings. The highest BCUT2D eigenvalue weighted by atomic mass is 16.5. The third kappa shape index (κ3) is 4.34. The van der Waals surface area contributed by atoms with Gasteiger partial charge < -0.3 is 19.5 Å². The number of aryl methyl sites for hydroxylation is 1. The highest BCUT2D eigenvalue weighted by molar-refractivity contribution is 5.95. The fourth-order valence-corrected chi connectivity index (χ4v) is 5.96. The summed E-state index contributed by atoms with van der Waals surface area (Å²) >= 11 is 0. The van der Waals surface area contributed by atoms with Crippen LogP contribution in [-0.4, -0.2) is 45.0 Å². The van der Waals surface area contributed by atoms with Crippen LogP contribution < -0.4 is 4.90 Å². The Kier molecular flexibility index (Phi) is 6.71. The summed E-state index contributed by atoms with van der Waals surface area (Å²) < 4.78 is 7.23. The number of aliphatic carboxylic acids is 1. The standard InChI is InChI=1S/C28H33N3O5/c1-17-11-12-21-22(30(17)28(35)36-2)13-14-23-26(21)29-25(16-24(32)18-7-4-3-5-8-18)31(23)20-10-6-9-19(15-20)27(33)34/h3-5,7-8,13-14,17,19-20,24,32H,6,9-12,15-16H2,1-2H3,(H,33,34)/t17?,19-,20-,24?/m1/s1. The van der Waals surface area contributed by atoms with Crippen LogP contribution in [0.2, 0.25) is 0 Å². The van der Waals surface area contributed by atoms with E-state index in [1.54, 1.807) is 4.90 Å². The lowest BCUT2D eigenvalue weighted by molar-refractivity contribution is -0.143. The number of nitrogens with zero attached hydrogens (tertiary/aromatic N) is 3. The van der Waals surface area contributed by atoms with Crippen LogP contribution in [0.5, 0.6) is 0 Å². The number of methoxy groups -OCH3 is 1. The molecule has 1 aliphatic heterocycles. The number of hydrogen-bond acceptors (Lipinski definition) is 5. The lowest BCUT2D eigenvalue weighted by Gasteiger charge is -2.34. The van der Waals surface area contributed by atoms with Gasteiger partial charge in [-0.3, -0.25) is 9.69 Å². The summed E-state index contributed by atoms with van der Waals surface area (Å²) in [7, 11) is 1.39. The number of amides is 1. The first-order valence-corrected chi connectivity index (χ1v) is 12.7. The maximum atomic E-state index is 12.6. The van der Waals surface area contributed by atoms with Crippen LogP contribution in [-0.2, 0) is 22.4 Å². The Morgan fingerprint density at radius 3 is 2.64 bits per heavy atom. The van der Waals surface area contributed by atoms with Gasteiger partial charge in [-0.05, 0) is 56.7 Å². The molecule has 1 saturated carbocycles. The number of anilines is 1. The molecule has 1 aliphatic carbocycles. The first-order chi connectivity index (χ1) is 17.4. The maximum Gasteiger partial charge on any atom is 0.414 e. The Bertz CT molecular complexity index is 1270. The first kappa shape index (κ1) is 24.3. The van der Waals surface area contributed by atoms with Crippen molar-refractivity contribution in [2.75, 3.05) is 12.0 Å². The molecule has 2 heterocycles. The number of fused-ring (bicyclic) bond motifs is 3. The number of ether oxygens (including phenoxy) is 1. The van der Waals surface area contributed by atoms with Gasteiger partial charge in [-0.25, -0.2) is 9.78 Å². The van der Waals surface area contributed by atoms with Gasteiger partial charge in [0.25, 0.3) is 0 Å². The zero-order chi connectivity index (χ0) is 25.4. The van der Waals surface area contributed by atoms with E-state index < -0.39 is 18.2 Å². The number of aliphatic hydroxyl groups is 1. The predicted octanol–water partition coefficient (Wildman–Crippen LogP) is 5.04. The van der Waals surface area contributed by atoms with E-state index in [2.05, 4.69) is 4.57 Å². The van der Waals surface area contributed by atoms with Crippen molar-refractivity contribution in [2.45, 2.75) is 70.1 Å². The van der Waals surface area contributed by atoms with E-state index in [1.807, 2.05) is 49.4 Å².